The van der Waals surface area contributed by atoms with Gasteiger partial charge in [-0.3, -0.25) is 9.10 Å². The standard InChI is InChI=1S/C21H27N3O5S2/c1-17-8-10-19(11-9-17)31(28,29)23-14-12-22(13-15-23)21(25)16-24(30(3,26)27)20-7-5-4-6-18(20)2/h4-11H,12-16H2,1-3H3. The summed E-state index contributed by atoms with van der Waals surface area (Å²) in [7, 11) is -7.30. The number of rotatable bonds is 6. The van der Waals surface area contributed by atoms with Crippen molar-refractivity contribution in [1.82, 2.24) is 9.21 Å². The Hall–Kier alpha value is -2.43. The molecule has 0 N–H and O–H groups in total. The number of nitrogens with zero attached hydrogens (tertiary/aromatic N) is 3. The third-order valence-electron chi connectivity index (χ3n) is 5.31. The summed E-state index contributed by atoms with van der Waals surface area (Å²) >= 11 is 0. The smallest absolute Gasteiger partial charge is 0.243 e. The van der Waals surface area contributed by atoms with Crippen LogP contribution in [0.2, 0.25) is 0 Å². The highest BCUT2D eigenvalue weighted by Crippen LogP contribution is 2.23. The van der Waals surface area contributed by atoms with Crippen LogP contribution in [0.5, 0.6) is 0 Å². The van der Waals surface area contributed by atoms with E-state index in [9.17, 15) is 21.6 Å². The van der Waals surface area contributed by atoms with Crippen LogP contribution in [0.1, 0.15) is 11.1 Å². The zero-order valence-electron chi connectivity index (χ0n) is 17.9. The lowest BCUT2D eigenvalue weighted by atomic mass is 10.2. The number of sulfonamides is 2. The van der Waals surface area contributed by atoms with Gasteiger partial charge in [-0.05, 0) is 37.6 Å². The Balaban J connectivity index is 1.69. The highest BCUT2D eigenvalue weighted by Gasteiger charge is 2.31. The van der Waals surface area contributed by atoms with Crippen molar-refractivity contribution in [1.29, 1.82) is 0 Å². The minimum Gasteiger partial charge on any atom is -0.338 e. The fraction of sp³-hybridized carbons (Fsp3) is 0.381. The molecule has 10 heteroatoms. The van der Waals surface area contributed by atoms with Gasteiger partial charge in [0, 0.05) is 26.2 Å². The lowest BCUT2D eigenvalue weighted by molar-refractivity contribution is -0.130. The number of benzene rings is 2. The molecule has 168 valence electrons. The number of carbonyl (C=O) groups excluding carboxylic acids is 1. The summed E-state index contributed by atoms with van der Waals surface area (Å²) < 4.78 is 52.8. The molecule has 31 heavy (non-hydrogen) atoms. The van der Waals surface area contributed by atoms with Crippen molar-refractivity contribution in [3.8, 4) is 0 Å². The van der Waals surface area contributed by atoms with Gasteiger partial charge in [-0.25, -0.2) is 16.8 Å². The van der Waals surface area contributed by atoms with Gasteiger partial charge in [-0.2, -0.15) is 4.31 Å². The molecule has 2 aromatic carbocycles. The lowest BCUT2D eigenvalue weighted by Gasteiger charge is -2.35. The first-order valence-electron chi connectivity index (χ1n) is 9.88. The number of carbonyl (C=O) groups is 1. The van der Waals surface area contributed by atoms with Gasteiger partial charge in [0.25, 0.3) is 0 Å². The molecule has 8 nitrogen and oxygen atoms in total. The molecular formula is C21H27N3O5S2. The number of aryl methyl sites for hydroxylation is 2. The van der Waals surface area contributed by atoms with E-state index in [1.165, 1.54) is 9.21 Å². The molecule has 0 saturated carbocycles. The van der Waals surface area contributed by atoms with E-state index in [-0.39, 0.29) is 43.5 Å². The summed E-state index contributed by atoms with van der Waals surface area (Å²) in [5, 5.41) is 0. The summed E-state index contributed by atoms with van der Waals surface area (Å²) in [6.45, 7) is 4.07. The zero-order chi connectivity index (χ0) is 22.8. The van der Waals surface area contributed by atoms with Crippen molar-refractivity contribution in [2.24, 2.45) is 0 Å². The van der Waals surface area contributed by atoms with Gasteiger partial charge in [0.2, 0.25) is 26.0 Å². The SMILES string of the molecule is Cc1ccc(S(=O)(=O)N2CCN(C(=O)CN(c3ccccc3C)S(C)(=O)=O)CC2)cc1. The molecule has 0 atom stereocenters. The van der Waals surface area contributed by atoms with Crippen molar-refractivity contribution in [3.63, 3.8) is 0 Å². The van der Waals surface area contributed by atoms with Crippen LogP contribution in [-0.4, -0.2) is 70.9 Å². The number of anilines is 1. The van der Waals surface area contributed by atoms with E-state index in [0.29, 0.717) is 5.69 Å². The number of para-hydroxylation sites is 1. The highest BCUT2D eigenvalue weighted by molar-refractivity contribution is 7.92. The first-order valence-corrected chi connectivity index (χ1v) is 13.2. The molecule has 0 radical (unpaired) electrons. The predicted octanol–water partition coefficient (Wildman–Crippen LogP) is 1.60. The normalized spacial score (nSPS) is 15.6. The van der Waals surface area contributed by atoms with Gasteiger partial charge in [0.05, 0.1) is 16.8 Å². The Labute approximate surface area is 184 Å². The van der Waals surface area contributed by atoms with Crippen molar-refractivity contribution in [2.45, 2.75) is 18.7 Å². The average Bonchev–Trinajstić information content (AvgIpc) is 2.72. The fourth-order valence-corrected chi connectivity index (χ4v) is 5.81. The van der Waals surface area contributed by atoms with E-state index in [1.807, 2.05) is 6.92 Å². The Morgan fingerprint density at radius 2 is 1.48 bits per heavy atom. The van der Waals surface area contributed by atoms with Crippen LogP contribution in [0.4, 0.5) is 5.69 Å². The molecule has 1 aliphatic heterocycles. The largest absolute Gasteiger partial charge is 0.338 e. The van der Waals surface area contributed by atoms with E-state index in [2.05, 4.69) is 0 Å². The first kappa shape index (κ1) is 23.2. The van der Waals surface area contributed by atoms with Crippen LogP contribution in [-0.2, 0) is 24.8 Å². The summed E-state index contributed by atoms with van der Waals surface area (Å²) in [4.78, 5) is 14.6. The van der Waals surface area contributed by atoms with Crippen LogP contribution in [0, 0.1) is 13.8 Å². The Bertz CT molecular complexity index is 1150. The van der Waals surface area contributed by atoms with Crippen molar-refractivity contribution in [2.75, 3.05) is 43.3 Å². The van der Waals surface area contributed by atoms with Crippen molar-refractivity contribution >= 4 is 31.6 Å². The minimum atomic E-state index is -3.67. The second kappa shape index (κ2) is 8.97. The van der Waals surface area contributed by atoms with E-state index >= 15 is 0 Å². The third kappa shape index (κ3) is 5.25. The minimum absolute atomic E-state index is 0.158. The Kier molecular flexibility index (Phi) is 6.73. The van der Waals surface area contributed by atoms with Gasteiger partial charge in [-0.1, -0.05) is 35.9 Å². The van der Waals surface area contributed by atoms with E-state index in [4.69, 9.17) is 0 Å². The zero-order valence-corrected chi connectivity index (χ0v) is 19.5. The third-order valence-corrected chi connectivity index (χ3v) is 8.35. The predicted molar refractivity (Wildman–Crippen MR) is 120 cm³/mol. The van der Waals surface area contributed by atoms with E-state index in [1.54, 1.807) is 55.5 Å². The quantitative estimate of drug-likeness (QED) is 0.646. The first-order chi connectivity index (χ1) is 14.5. The van der Waals surface area contributed by atoms with Crippen LogP contribution in [0.25, 0.3) is 0 Å². The van der Waals surface area contributed by atoms with E-state index < -0.39 is 20.0 Å². The van der Waals surface area contributed by atoms with Crippen LogP contribution in [0.3, 0.4) is 0 Å². The molecule has 0 aromatic heterocycles. The number of hydrogen-bond acceptors (Lipinski definition) is 5. The van der Waals surface area contributed by atoms with Gasteiger partial charge in [-0.15, -0.1) is 0 Å². The maximum absolute atomic E-state index is 12.9. The maximum Gasteiger partial charge on any atom is 0.243 e. The molecule has 2 aromatic rings. The molecule has 1 fully saturated rings. The monoisotopic (exact) mass is 465 g/mol. The van der Waals surface area contributed by atoms with Gasteiger partial charge < -0.3 is 4.90 Å². The molecule has 0 spiro atoms. The van der Waals surface area contributed by atoms with Gasteiger partial charge >= 0.3 is 0 Å². The number of amides is 1. The molecule has 0 bridgehead atoms. The molecular weight excluding hydrogens is 438 g/mol. The lowest BCUT2D eigenvalue weighted by Crippen LogP contribution is -2.53. The summed E-state index contributed by atoms with van der Waals surface area (Å²) in [5.41, 5.74) is 2.17. The Morgan fingerprint density at radius 3 is 2.03 bits per heavy atom. The highest BCUT2D eigenvalue weighted by atomic mass is 32.2. The number of hydrogen-bond donors (Lipinski definition) is 0. The summed E-state index contributed by atoms with van der Waals surface area (Å²) in [6.07, 6.45) is 1.07. The number of piperazine rings is 1. The summed E-state index contributed by atoms with van der Waals surface area (Å²) in [6, 6.07) is 13.6. The van der Waals surface area contributed by atoms with Crippen LogP contribution >= 0.6 is 0 Å². The average molecular weight is 466 g/mol. The molecule has 1 aliphatic rings. The van der Waals surface area contributed by atoms with Crippen molar-refractivity contribution < 1.29 is 21.6 Å². The Morgan fingerprint density at radius 1 is 0.903 bits per heavy atom. The van der Waals surface area contributed by atoms with Crippen LogP contribution in [0.15, 0.2) is 53.4 Å². The van der Waals surface area contributed by atoms with Crippen LogP contribution < -0.4 is 4.31 Å². The second-order valence-electron chi connectivity index (χ2n) is 7.65. The molecule has 0 aliphatic carbocycles. The van der Waals surface area contributed by atoms with E-state index in [0.717, 1.165) is 21.7 Å². The second-order valence-corrected chi connectivity index (χ2v) is 11.5. The fourth-order valence-electron chi connectivity index (χ4n) is 3.48. The van der Waals surface area contributed by atoms with Gasteiger partial charge in [0.15, 0.2) is 0 Å². The maximum atomic E-state index is 12.9. The molecule has 0 unspecified atom stereocenters. The van der Waals surface area contributed by atoms with Crippen molar-refractivity contribution in [3.05, 3.63) is 59.7 Å². The molecule has 3 rings (SSSR count). The summed E-state index contributed by atoms with van der Waals surface area (Å²) in [5.74, 6) is -0.360. The molecule has 1 heterocycles. The topological polar surface area (TPSA) is 95.1 Å². The molecule has 1 amide bonds. The molecule has 1 saturated heterocycles. The van der Waals surface area contributed by atoms with Gasteiger partial charge in [0.1, 0.15) is 6.54 Å².